The van der Waals surface area contributed by atoms with Crippen LogP contribution in [0.2, 0.25) is 10.0 Å². The van der Waals surface area contributed by atoms with Gasteiger partial charge in [-0.15, -0.1) is 0 Å². The third-order valence-electron chi connectivity index (χ3n) is 5.34. The molecule has 0 unspecified atom stereocenters. The molecule has 0 aliphatic heterocycles. The van der Waals surface area contributed by atoms with Crippen molar-refractivity contribution in [2.75, 3.05) is 7.11 Å². The molecule has 4 aromatic carbocycles. The van der Waals surface area contributed by atoms with Gasteiger partial charge in [0.05, 0.1) is 17.2 Å². The van der Waals surface area contributed by atoms with Crippen molar-refractivity contribution in [3.8, 4) is 5.75 Å². The molecule has 0 amide bonds. The van der Waals surface area contributed by atoms with Crippen molar-refractivity contribution in [3.05, 3.63) is 119 Å². The van der Waals surface area contributed by atoms with E-state index in [0.717, 1.165) is 11.7 Å². The molecule has 1 nitrogen and oxygen atoms in total. The number of halogens is 3. The topological polar surface area (TPSA) is 9.23 Å². The van der Waals surface area contributed by atoms with Gasteiger partial charge in [-0.1, -0.05) is 77.8 Å². The highest BCUT2D eigenvalue weighted by atomic mass is 79.9. The van der Waals surface area contributed by atoms with Crippen LogP contribution in [0, 0.1) is 0 Å². The molecule has 5 heteroatoms. The summed E-state index contributed by atoms with van der Waals surface area (Å²) >= 11 is 13.5. The number of hydrogen-bond acceptors (Lipinski definition) is 1. The first-order chi connectivity index (χ1) is 14.6. The summed E-state index contributed by atoms with van der Waals surface area (Å²) in [5.74, 6) is 0.664. The molecule has 0 saturated carbocycles. The second kappa shape index (κ2) is 10.7. The molecule has 0 aromatic heterocycles. The van der Waals surface area contributed by atoms with E-state index in [0.29, 0.717) is 15.8 Å². The summed E-state index contributed by atoms with van der Waals surface area (Å²) in [5.41, 5.74) is 0.948. The van der Waals surface area contributed by atoms with E-state index in [1.807, 2.05) is 12.1 Å². The Hall–Kier alpha value is -1.83. The van der Waals surface area contributed by atoms with Crippen LogP contribution in [0.1, 0.15) is 5.56 Å². The standard InChI is InChI=1S/C26H22Cl2OP.BrH/c1-29-20-17-25(27)24(26(28)18-20)19-30(21-11-5-2-6-12-21,22-13-7-3-8-14-22)23-15-9-4-10-16-23;/h2-18H,19H2,1H3;1H/q+1;/p-1. The van der Waals surface area contributed by atoms with E-state index in [-0.39, 0.29) is 17.0 Å². The second-order valence-corrected chi connectivity index (χ2v) is 11.3. The lowest BCUT2D eigenvalue weighted by atomic mass is 10.2. The number of rotatable bonds is 6. The van der Waals surface area contributed by atoms with Crippen molar-refractivity contribution in [3.63, 3.8) is 0 Å². The summed E-state index contributed by atoms with van der Waals surface area (Å²) < 4.78 is 5.36. The maximum Gasteiger partial charge on any atom is 0.121 e. The van der Waals surface area contributed by atoms with Crippen molar-refractivity contribution >= 4 is 46.4 Å². The Labute approximate surface area is 205 Å². The minimum absolute atomic E-state index is 0. The Morgan fingerprint density at radius 3 is 1.32 bits per heavy atom. The van der Waals surface area contributed by atoms with Crippen LogP contribution >= 0.6 is 30.5 Å². The Balaban J connectivity index is 0.00000272. The van der Waals surface area contributed by atoms with Crippen LogP contribution in [0.3, 0.4) is 0 Å². The van der Waals surface area contributed by atoms with E-state index < -0.39 is 7.26 Å². The molecule has 0 spiro atoms. The lowest BCUT2D eigenvalue weighted by Gasteiger charge is -2.28. The molecule has 0 aliphatic carbocycles. The summed E-state index contributed by atoms with van der Waals surface area (Å²) in [6.45, 7) is 0. The molecule has 4 aromatic rings. The van der Waals surface area contributed by atoms with Gasteiger partial charge in [0.2, 0.25) is 0 Å². The molecule has 0 saturated heterocycles. The fraction of sp³-hybridized carbons (Fsp3) is 0.0769. The molecule has 4 rings (SSSR count). The van der Waals surface area contributed by atoms with E-state index in [2.05, 4.69) is 91.0 Å². The third kappa shape index (κ3) is 4.83. The average Bonchev–Trinajstić information content (AvgIpc) is 2.80. The zero-order valence-electron chi connectivity index (χ0n) is 17.0. The van der Waals surface area contributed by atoms with Crippen LogP contribution in [0.15, 0.2) is 103 Å². The zero-order chi connectivity index (χ0) is 21.0. The highest BCUT2D eigenvalue weighted by Gasteiger charge is 2.46. The first-order valence-electron chi connectivity index (χ1n) is 9.72. The molecule has 0 heterocycles. The quantitative estimate of drug-likeness (QED) is 0.346. The number of methoxy groups -OCH3 is 1. The summed E-state index contributed by atoms with van der Waals surface area (Å²) in [6.07, 6.45) is 0.729. The SMILES string of the molecule is COc1cc(Cl)c(C[P+](c2ccccc2)(c2ccccc2)c2ccccc2)c(Cl)c1.[Br-]. The van der Waals surface area contributed by atoms with Crippen molar-refractivity contribution in [2.24, 2.45) is 0 Å². The van der Waals surface area contributed by atoms with Crippen molar-refractivity contribution in [1.82, 2.24) is 0 Å². The summed E-state index contributed by atoms with van der Waals surface area (Å²) in [4.78, 5) is 0. The van der Waals surface area contributed by atoms with E-state index in [1.165, 1.54) is 15.9 Å². The van der Waals surface area contributed by atoms with Crippen LogP contribution in [0.25, 0.3) is 0 Å². The van der Waals surface area contributed by atoms with Gasteiger partial charge in [0.25, 0.3) is 0 Å². The summed E-state index contributed by atoms with van der Waals surface area (Å²) in [7, 11) is -0.440. The maximum atomic E-state index is 6.74. The Bertz CT molecular complexity index is 1000. The molecular weight excluding hydrogens is 510 g/mol. The van der Waals surface area contributed by atoms with Crippen molar-refractivity contribution < 1.29 is 21.7 Å². The van der Waals surface area contributed by atoms with Gasteiger partial charge in [-0.25, -0.2) is 0 Å². The first kappa shape index (κ1) is 23.8. The zero-order valence-corrected chi connectivity index (χ0v) is 21.0. The van der Waals surface area contributed by atoms with Gasteiger partial charge in [-0.3, -0.25) is 0 Å². The Morgan fingerprint density at radius 1 is 0.645 bits per heavy atom. The van der Waals surface area contributed by atoms with Gasteiger partial charge in [0.15, 0.2) is 0 Å². The summed E-state index contributed by atoms with van der Waals surface area (Å²) in [5, 5.41) is 5.15. The molecule has 0 fully saturated rings. The molecule has 0 radical (unpaired) electrons. The minimum atomic E-state index is -2.06. The fourth-order valence-corrected chi connectivity index (χ4v) is 8.94. The van der Waals surface area contributed by atoms with Gasteiger partial charge in [0, 0.05) is 5.56 Å². The van der Waals surface area contributed by atoms with Crippen LogP contribution in [0.5, 0.6) is 5.75 Å². The Kier molecular flexibility index (Phi) is 8.19. The predicted octanol–water partition coefficient (Wildman–Crippen LogP) is 3.50. The predicted molar refractivity (Wildman–Crippen MR) is 132 cm³/mol. The maximum absolute atomic E-state index is 6.74. The van der Waals surface area contributed by atoms with Gasteiger partial charge < -0.3 is 21.7 Å². The van der Waals surface area contributed by atoms with Crippen molar-refractivity contribution in [1.29, 1.82) is 0 Å². The normalized spacial score (nSPS) is 10.9. The van der Waals surface area contributed by atoms with E-state index in [1.54, 1.807) is 7.11 Å². The molecular formula is C26H22BrCl2OP. The van der Waals surface area contributed by atoms with Crippen molar-refractivity contribution in [2.45, 2.75) is 6.16 Å². The molecule has 0 aliphatic rings. The van der Waals surface area contributed by atoms with Crippen LogP contribution in [0.4, 0.5) is 0 Å². The van der Waals surface area contributed by atoms with Crippen LogP contribution in [-0.2, 0) is 6.16 Å². The highest BCUT2D eigenvalue weighted by Crippen LogP contribution is 2.59. The smallest absolute Gasteiger partial charge is 0.121 e. The number of ether oxygens (including phenoxy) is 1. The van der Waals surface area contributed by atoms with E-state index >= 15 is 0 Å². The van der Waals surface area contributed by atoms with Gasteiger partial charge >= 0.3 is 0 Å². The van der Waals surface area contributed by atoms with Gasteiger partial charge in [0.1, 0.15) is 35.1 Å². The van der Waals surface area contributed by atoms with Crippen LogP contribution < -0.4 is 37.6 Å². The molecule has 158 valence electrons. The lowest BCUT2D eigenvalue weighted by molar-refractivity contribution is -0.00000598. The largest absolute Gasteiger partial charge is 1.00 e. The van der Waals surface area contributed by atoms with E-state index in [4.69, 9.17) is 27.9 Å². The minimum Gasteiger partial charge on any atom is -1.00 e. The van der Waals surface area contributed by atoms with Gasteiger partial charge in [-0.05, 0) is 48.5 Å². The second-order valence-electron chi connectivity index (χ2n) is 7.04. The Morgan fingerprint density at radius 2 is 1.00 bits per heavy atom. The molecule has 0 bridgehead atoms. The van der Waals surface area contributed by atoms with Gasteiger partial charge in [-0.2, -0.15) is 0 Å². The highest BCUT2D eigenvalue weighted by molar-refractivity contribution is 7.95. The molecule has 0 atom stereocenters. The first-order valence-corrected chi connectivity index (χ1v) is 12.4. The lowest BCUT2D eigenvalue weighted by Crippen LogP contribution is -3.00. The summed E-state index contributed by atoms with van der Waals surface area (Å²) in [6, 6.07) is 35.8. The van der Waals surface area contributed by atoms with Crippen LogP contribution in [-0.4, -0.2) is 7.11 Å². The molecule has 0 N–H and O–H groups in total. The molecule has 31 heavy (non-hydrogen) atoms. The van der Waals surface area contributed by atoms with E-state index in [9.17, 15) is 0 Å². The average molecular weight is 532 g/mol. The fourth-order valence-electron chi connectivity index (χ4n) is 3.85. The third-order valence-corrected chi connectivity index (χ3v) is 10.3. The monoisotopic (exact) mass is 530 g/mol. The number of hydrogen-bond donors (Lipinski definition) is 0. The number of benzene rings is 4.